The Bertz CT molecular complexity index is 1230. The molecule has 0 bridgehead atoms. The van der Waals surface area contributed by atoms with Gasteiger partial charge in [0, 0.05) is 11.8 Å². The van der Waals surface area contributed by atoms with Crippen LogP contribution in [0.25, 0.3) is 22.3 Å². The first-order valence-corrected chi connectivity index (χ1v) is 8.66. The number of benzene rings is 3. The molecule has 138 valence electrons. The van der Waals surface area contributed by atoms with Crippen molar-refractivity contribution in [3.05, 3.63) is 88.7 Å². The average Bonchev–Trinajstić information content (AvgIpc) is 2.75. The fraction of sp³-hybridized carbons (Fsp3) is 0.0455. The van der Waals surface area contributed by atoms with Gasteiger partial charge in [-0.2, -0.15) is 0 Å². The summed E-state index contributed by atoms with van der Waals surface area (Å²) in [5.41, 5.74) is 2.03. The highest BCUT2D eigenvalue weighted by Gasteiger charge is 2.14. The van der Waals surface area contributed by atoms with E-state index in [2.05, 4.69) is 9.98 Å². The predicted octanol–water partition coefficient (Wildman–Crippen LogP) is 4.06. The lowest BCUT2D eigenvalue weighted by molar-refractivity contribution is 0.178. The number of aromatic nitrogens is 2. The summed E-state index contributed by atoms with van der Waals surface area (Å²) in [6.45, 7) is 0. The van der Waals surface area contributed by atoms with Crippen LogP contribution in [-0.2, 0) is 0 Å². The number of aliphatic imine (C=N–C) groups is 1. The van der Waals surface area contributed by atoms with Gasteiger partial charge in [-0.25, -0.2) is 4.98 Å². The topological polar surface area (TPSA) is 76.7 Å². The molecule has 0 amide bonds. The molecule has 0 unspecified atom stereocenters. The quantitative estimate of drug-likeness (QED) is 0.433. The minimum Gasteiger partial charge on any atom is -0.497 e. The summed E-state index contributed by atoms with van der Waals surface area (Å²) < 4.78 is 5.73. The highest BCUT2D eigenvalue weighted by atomic mass is 16.5. The molecule has 6 nitrogen and oxygen atoms in total. The van der Waals surface area contributed by atoms with E-state index in [0.29, 0.717) is 26.9 Å². The zero-order valence-corrected chi connectivity index (χ0v) is 15.1. The number of hydrogen-bond acceptors (Lipinski definition) is 5. The first kappa shape index (κ1) is 17.5. The lowest BCUT2D eigenvalue weighted by Crippen LogP contribution is -2.21. The van der Waals surface area contributed by atoms with Crippen molar-refractivity contribution in [3.8, 4) is 17.1 Å². The third-order valence-corrected chi connectivity index (χ3v) is 4.37. The van der Waals surface area contributed by atoms with Crippen molar-refractivity contribution in [2.75, 3.05) is 7.11 Å². The molecule has 0 radical (unpaired) electrons. The predicted molar refractivity (Wildman–Crippen MR) is 109 cm³/mol. The van der Waals surface area contributed by atoms with Crippen LogP contribution in [0.5, 0.6) is 5.75 Å². The van der Waals surface area contributed by atoms with E-state index in [1.807, 2.05) is 36.4 Å². The fourth-order valence-corrected chi connectivity index (χ4v) is 2.91. The van der Waals surface area contributed by atoms with Crippen molar-refractivity contribution in [2.45, 2.75) is 0 Å². The molecule has 1 aromatic heterocycles. The minimum absolute atomic E-state index is 0.145. The van der Waals surface area contributed by atoms with E-state index in [0.717, 1.165) is 11.3 Å². The Morgan fingerprint density at radius 3 is 2.50 bits per heavy atom. The molecule has 0 atom stereocenters. The fourth-order valence-electron chi connectivity index (χ4n) is 2.91. The van der Waals surface area contributed by atoms with Crippen LogP contribution < -0.4 is 10.3 Å². The molecule has 1 N–H and O–H groups in total. The van der Waals surface area contributed by atoms with Gasteiger partial charge in [-0.3, -0.25) is 9.79 Å². The maximum atomic E-state index is 12.5. The van der Waals surface area contributed by atoms with E-state index in [1.165, 1.54) is 0 Å². The normalized spacial score (nSPS) is 11.2. The summed E-state index contributed by atoms with van der Waals surface area (Å²) >= 11 is 0. The molecule has 0 saturated carbocycles. The Morgan fingerprint density at radius 1 is 1.00 bits per heavy atom. The summed E-state index contributed by atoms with van der Waals surface area (Å²) in [5.74, 6) is 0.911. The molecule has 0 saturated heterocycles. The second kappa shape index (κ2) is 7.36. The standard InChI is InChI=1S/C22H17N3O3/c1-28-16-12-10-15(11-13-16)14-23-19-8-4-2-6-17(19)21-24-20-9-5-3-7-18(20)22(26)25(21)27/h2-14,27H,1H3. The number of rotatable bonds is 4. The zero-order chi connectivity index (χ0) is 19.5. The summed E-state index contributed by atoms with van der Waals surface area (Å²) in [4.78, 5) is 21.5. The number of fused-ring (bicyclic) bond motifs is 1. The molecule has 0 aliphatic rings. The molecule has 4 aromatic rings. The maximum Gasteiger partial charge on any atom is 0.294 e. The van der Waals surface area contributed by atoms with Gasteiger partial charge in [0.25, 0.3) is 5.56 Å². The van der Waals surface area contributed by atoms with E-state index in [4.69, 9.17) is 4.74 Å². The van der Waals surface area contributed by atoms with Gasteiger partial charge < -0.3 is 9.94 Å². The van der Waals surface area contributed by atoms with Crippen molar-refractivity contribution in [1.29, 1.82) is 0 Å². The van der Waals surface area contributed by atoms with Crippen LogP contribution >= 0.6 is 0 Å². The first-order valence-electron chi connectivity index (χ1n) is 8.66. The second-order valence-electron chi connectivity index (χ2n) is 6.12. The number of hydrogen-bond donors (Lipinski definition) is 1. The van der Waals surface area contributed by atoms with Crippen LogP contribution in [0.3, 0.4) is 0 Å². The Labute approximate surface area is 161 Å². The van der Waals surface area contributed by atoms with E-state index in [-0.39, 0.29) is 5.82 Å². The third-order valence-electron chi connectivity index (χ3n) is 4.37. The SMILES string of the molecule is COc1ccc(C=Nc2ccccc2-c2nc3ccccc3c(=O)n2O)cc1. The molecule has 0 fully saturated rings. The monoisotopic (exact) mass is 371 g/mol. The highest BCUT2D eigenvalue weighted by molar-refractivity contribution is 5.86. The molecular weight excluding hydrogens is 354 g/mol. The van der Waals surface area contributed by atoms with Gasteiger partial charge in [0.15, 0.2) is 5.82 Å². The number of ether oxygens (including phenoxy) is 1. The summed E-state index contributed by atoms with van der Waals surface area (Å²) in [6.07, 6.45) is 1.71. The van der Waals surface area contributed by atoms with Gasteiger partial charge in [-0.05, 0) is 54.1 Å². The molecule has 3 aromatic carbocycles. The van der Waals surface area contributed by atoms with Gasteiger partial charge in [0.2, 0.25) is 0 Å². The Hall–Kier alpha value is -3.93. The van der Waals surface area contributed by atoms with Crippen molar-refractivity contribution in [3.63, 3.8) is 0 Å². The first-order chi connectivity index (χ1) is 13.7. The van der Waals surface area contributed by atoms with Crippen LogP contribution in [0.4, 0.5) is 5.69 Å². The van der Waals surface area contributed by atoms with Gasteiger partial charge in [-0.1, -0.05) is 24.3 Å². The second-order valence-corrected chi connectivity index (χ2v) is 6.12. The number of methoxy groups -OCH3 is 1. The molecule has 0 spiro atoms. The summed E-state index contributed by atoms with van der Waals surface area (Å²) in [7, 11) is 1.62. The van der Waals surface area contributed by atoms with E-state index in [9.17, 15) is 10.0 Å². The van der Waals surface area contributed by atoms with Crippen LogP contribution in [0.15, 0.2) is 82.6 Å². The van der Waals surface area contributed by atoms with Crippen LogP contribution in [-0.4, -0.2) is 28.2 Å². The minimum atomic E-state index is -0.519. The molecular formula is C22H17N3O3. The lowest BCUT2D eigenvalue weighted by atomic mass is 10.1. The number of para-hydroxylation sites is 2. The smallest absolute Gasteiger partial charge is 0.294 e. The molecule has 28 heavy (non-hydrogen) atoms. The highest BCUT2D eigenvalue weighted by Crippen LogP contribution is 2.28. The molecule has 0 aliphatic heterocycles. The summed E-state index contributed by atoms with van der Waals surface area (Å²) in [5, 5.41) is 10.7. The Kier molecular flexibility index (Phi) is 4.60. The van der Waals surface area contributed by atoms with E-state index in [1.54, 1.807) is 49.7 Å². The summed E-state index contributed by atoms with van der Waals surface area (Å²) in [6, 6.07) is 21.6. The van der Waals surface area contributed by atoms with E-state index < -0.39 is 5.56 Å². The van der Waals surface area contributed by atoms with Gasteiger partial charge in [-0.15, -0.1) is 4.73 Å². The number of nitrogens with zero attached hydrogens (tertiary/aromatic N) is 3. The van der Waals surface area contributed by atoms with E-state index >= 15 is 0 Å². The van der Waals surface area contributed by atoms with Crippen molar-refractivity contribution < 1.29 is 9.94 Å². The third kappa shape index (κ3) is 3.23. The van der Waals surface area contributed by atoms with Crippen molar-refractivity contribution in [1.82, 2.24) is 9.71 Å². The van der Waals surface area contributed by atoms with Crippen molar-refractivity contribution >= 4 is 22.8 Å². The Morgan fingerprint density at radius 2 is 1.71 bits per heavy atom. The zero-order valence-electron chi connectivity index (χ0n) is 15.1. The Balaban J connectivity index is 1.80. The molecule has 1 heterocycles. The molecule has 0 aliphatic carbocycles. The van der Waals surface area contributed by atoms with Gasteiger partial charge >= 0.3 is 0 Å². The lowest BCUT2D eigenvalue weighted by Gasteiger charge is -2.09. The average molecular weight is 371 g/mol. The van der Waals surface area contributed by atoms with Gasteiger partial charge in [0.05, 0.1) is 23.7 Å². The van der Waals surface area contributed by atoms with Crippen LogP contribution in [0.1, 0.15) is 5.56 Å². The van der Waals surface area contributed by atoms with Crippen LogP contribution in [0, 0.1) is 0 Å². The molecule has 4 rings (SSSR count). The van der Waals surface area contributed by atoms with Gasteiger partial charge in [0.1, 0.15) is 5.75 Å². The van der Waals surface area contributed by atoms with Crippen molar-refractivity contribution in [2.24, 2.45) is 4.99 Å². The van der Waals surface area contributed by atoms with Crippen LogP contribution in [0.2, 0.25) is 0 Å². The maximum absolute atomic E-state index is 12.5. The molecule has 6 heteroatoms. The largest absolute Gasteiger partial charge is 0.497 e.